The summed E-state index contributed by atoms with van der Waals surface area (Å²) in [5, 5.41) is 19.6. The highest BCUT2D eigenvalue weighted by Crippen LogP contribution is 2.35. The lowest BCUT2D eigenvalue weighted by Crippen LogP contribution is -2.50. The Balaban J connectivity index is 1.63. The predicted molar refractivity (Wildman–Crippen MR) is 147 cm³/mol. The fraction of sp³-hybridized carbons (Fsp3) is 0.571. The Bertz CT molecular complexity index is 1210. The fourth-order valence-corrected chi connectivity index (χ4v) is 4.97. The molecule has 1 aromatic carbocycles. The number of para-hydroxylation sites is 1. The lowest BCUT2D eigenvalue weighted by Gasteiger charge is -2.38. The molecule has 4 amide bonds. The molecule has 3 heterocycles. The van der Waals surface area contributed by atoms with E-state index in [-0.39, 0.29) is 54.1 Å². The van der Waals surface area contributed by atoms with Gasteiger partial charge in [0.1, 0.15) is 17.5 Å². The second kappa shape index (κ2) is 12.7. The van der Waals surface area contributed by atoms with Crippen LogP contribution in [0.3, 0.4) is 0 Å². The van der Waals surface area contributed by atoms with Crippen molar-refractivity contribution >= 4 is 29.2 Å². The van der Waals surface area contributed by atoms with Crippen LogP contribution in [-0.2, 0) is 9.53 Å². The number of aromatic nitrogens is 1. The van der Waals surface area contributed by atoms with Gasteiger partial charge < -0.3 is 39.5 Å². The Morgan fingerprint density at radius 3 is 2.60 bits per heavy atom. The van der Waals surface area contributed by atoms with E-state index in [0.717, 1.165) is 0 Å². The standard InChI is InChI=1S/C28H39N5O7/c1-16-13-33(17(2)15-34)27(36)21-7-6-8-22(29-26(35)20-9-11-38-12-10-20)25(21)39-23(16)14-32(5)28(37)30-24-18(3)31-40-19(24)4/h6-8,16-17,20,23,34H,9-15H2,1-5H3,(H,29,35)(H,30,37)/t16-,17-,23-/m1/s1. The number of amides is 4. The van der Waals surface area contributed by atoms with Gasteiger partial charge in [0, 0.05) is 38.6 Å². The van der Waals surface area contributed by atoms with E-state index < -0.39 is 12.1 Å². The Morgan fingerprint density at radius 2 is 1.95 bits per heavy atom. The second-order valence-electron chi connectivity index (χ2n) is 10.7. The smallest absolute Gasteiger partial charge is 0.321 e. The van der Waals surface area contributed by atoms with Gasteiger partial charge in [0.25, 0.3) is 5.91 Å². The first-order valence-corrected chi connectivity index (χ1v) is 13.7. The number of fused-ring (bicyclic) bond motifs is 1. The highest BCUT2D eigenvalue weighted by molar-refractivity contribution is 6.02. The van der Waals surface area contributed by atoms with Crippen LogP contribution in [0.1, 0.15) is 48.5 Å². The van der Waals surface area contributed by atoms with E-state index in [2.05, 4.69) is 15.8 Å². The van der Waals surface area contributed by atoms with Crippen molar-refractivity contribution in [2.24, 2.45) is 11.8 Å². The summed E-state index contributed by atoms with van der Waals surface area (Å²) >= 11 is 0. The van der Waals surface area contributed by atoms with Crippen LogP contribution in [0.2, 0.25) is 0 Å². The first-order valence-electron chi connectivity index (χ1n) is 13.7. The Kier molecular flexibility index (Phi) is 9.31. The zero-order valence-corrected chi connectivity index (χ0v) is 23.7. The largest absolute Gasteiger partial charge is 0.485 e. The first-order chi connectivity index (χ1) is 19.1. The van der Waals surface area contributed by atoms with Crippen molar-refractivity contribution in [2.45, 2.75) is 52.7 Å². The number of rotatable bonds is 7. The molecule has 3 N–H and O–H groups in total. The molecule has 0 bridgehead atoms. The summed E-state index contributed by atoms with van der Waals surface area (Å²) in [6, 6.07) is 4.25. The molecule has 2 aliphatic rings. The number of aliphatic hydroxyl groups is 1. The van der Waals surface area contributed by atoms with Crippen molar-refractivity contribution in [3.8, 4) is 5.75 Å². The number of anilines is 2. The Hall–Kier alpha value is -3.64. The molecule has 2 aliphatic heterocycles. The molecule has 0 spiro atoms. The quantitative estimate of drug-likeness (QED) is 0.471. The van der Waals surface area contributed by atoms with Crippen LogP contribution in [0.15, 0.2) is 22.7 Å². The summed E-state index contributed by atoms with van der Waals surface area (Å²) in [6.45, 7) is 8.51. The topological polar surface area (TPSA) is 146 Å². The molecule has 12 nitrogen and oxygen atoms in total. The maximum Gasteiger partial charge on any atom is 0.321 e. The lowest BCUT2D eigenvalue weighted by atomic mass is 9.98. The molecule has 1 saturated heterocycles. The summed E-state index contributed by atoms with van der Waals surface area (Å²) in [7, 11) is 1.65. The molecule has 1 fully saturated rings. The minimum atomic E-state index is -0.540. The molecular formula is C28H39N5O7. The number of hydrogen-bond acceptors (Lipinski definition) is 8. The number of nitrogens with zero attached hydrogens (tertiary/aromatic N) is 3. The normalized spacial score (nSPS) is 20.6. The third kappa shape index (κ3) is 6.39. The highest BCUT2D eigenvalue weighted by atomic mass is 16.5. The van der Waals surface area contributed by atoms with E-state index in [0.29, 0.717) is 55.4 Å². The van der Waals surface area contributed by atoms with E-state index in [9.17, 15) is 19.5 Å². The van der Waals surface area contributed by atoms with Gasteiger partial charge in [-0.05, 0) is 45.7 Å². The lowest BCUT2D eigenvalue weighted by molar-refractivity contribution is -0.122. The van der Waals surface area contributed by atoms with Crippen LogP contribution in [0.5, 0.6) is 5.75 Å². The number of nitrogens with one attached hydrogen (secondary N) is 2. The van der Waals surface area contributed by atoms with Gasteiger partial charge in [-0.3, -0.25) is 9.59 Å². The third-order valence-electron chi connectivity index (χ3n) is 7.61. The van der Waals surface area contributed by atoms with Crippen molar-refractivity contribution in [1.29, 1.82) is 0 Å². The number of ether oxygens (including phenoxy) is 2. The average molecular weight is 558 g/mol. The van der Waals surface area contributed by atoms with Crippen LogP contribution in [0, 0.1) is 25.7 Å². The molecule has 218 valence electrons. The van der Waals surface area contributed by atoms with Crippen LogP contribution in [0.4, 0.5) is 16.2 Å². The molecule has 0 aliphatic carbocycles. The minimum Gasteiger partial charge on any atom is -0.485 e. The molecule has 4 rings (SSSR count). The van der Waals surface area contributed by atoms with Crippen molar-refractivity contribution in [3.05, 3.63) is 35.2 Å². The van der Waals surface area contributed by atoms with Crippen molar-refractivity contribution in [2.75, 3.05) is 50.6 Å². The number of aliphatic hydroxyl groups excluding tert-OH is 1. The monoisotopic (exact) mass is 557 g/mol. The fourth-order valence-electron chi connectivity index (χ4n) is 4.97. The van der Waals surface area contributed by atoms with Gasteiger partial charge in [-0.1, -0.05) is 18.1 Å². The highest BCUT2D eigenvalue weighted by Gasteiger charge is 2.35. The molecule has 1 aromatic heterocycles. The molecule has 12 heteroatoms. The van der Waals surface area contributed by atoms with Gasteiger partial charge in [0.05, 0.1) is 30.4 Å². The number of carbonyl (C=O) groups is 3. The summed E-state index contributed by atoms with van der Waals surface area (Å²) in [6.07, 6.45) is 0.696. The summed E-state index contributed by atoms with van der Waals surface area (Å²) in [4.78, 5) is 43.0. The zero-order chi connectivity index (χ0) is 29.0. The van der Waals surface area contributed by atoms with Crippen molar-refractivity contribution in [1.82, 2.24) is 15.0 Å². The van der Waals surface area contributed by atoms with Gasteiger partial charge in [0.2, 0.25) is 5.91 Å². The molecule has 0 radical (unpaired) electrons. The van der Waals surface area contributed by atoms with E-state index in [1.807, 2.05) is 6.92 Å². The number of likely N-dealkylation sites (N-methyl/N-ethyl adjacent to an activating group) is 1. The van der Waals surface area contributed by atoms with E-state index in [1.54, 1.807) is 50.9 Å². The molecule has 3 atom stereocenters. The third-order valence-corrected chi connectivity index (χ3v) is 7.61. The number of benzene rings is 1. The zero-order valence-electron chi connectivity index (χ0n) is 23.7. The Morgan fingerprint density at radius 1 is 1.23 bits per heavy atom. The minimum absolute atomic E-state index is 0.157. The SMILES string of the molecule is Cc1noc(C)c1NC(=O)N(C)C[C@H]1Oc2c(NC(=O)C3CCOCC3)cccc2C(=O)N([C@H](C)CO)C[C@H]1C. The van der Waals surface area contributed by atoms with Crippen LogP contribution < -0.4 is 15.4 Å². The van der Waals surface area contributed by atoms with Crippen molar-refractivity contribution < 1.29 is 33.5 Å². The van der Waals surface area contributed by atoms with Gasteiger partial charge in [-0.2, -0.15) is 0 Å². The number of urea groups is 1. The molecular weight excluding hydrogens is 518 g/mol. The molecule has 2 aromatic rings. The van der Waals surface area contributed by atoms with Gasteiger partial charge in [0.15, 0.2) is 11.5 Å². The second-order valence-corrected chi connectivity index (χ2v) is 10.7. The van der Waals surface area contributed by atoms with E-state index in [4.69, 9.17) is 14.0 Å². The Labute approximate surface area is 234 Å². The number of hydrogen-bond donors (Lipinski definition) is 3. The van der Waals surface area contributed by atoms with Gasteiger partial charge >= 0.3 is 6.03 Å². The molecule has 0 saturated carbocycles. The predicted octanol–water partition coefficient (Wildman–Crippen LogP) is 3.04. The van der Waals surface area contributed by atoms with Crippen LogP contribution in [-0.4, -0.2) is 90.0 Å². The molecule has 0 unspecified atom stereocenters. The van der Waals surface area contributed by atoms with Crippen LogP contribution >= 0.6 is 0 Å². The average Bonchev–Trinajstić information content (AvgIpc) is 3.27. The van der Waals surface area contributed by atoms with E-state index >= 15 is 0 Å². The summed E-state index contributed by atoms with van der Waals surface area (Å²) < 4.78 is 17.0. The first kappa shape index (κ1) is 29.3. The van der Waals surface area contributed by atoms with Gasteiger partial charge in [-0.25, -0.2) is 4.79 Å². The van der Waals surface area contributed by atoms with Gasteiger partial charge in [-0.15, -0.1) is 0 Å². The number of aryl methyl sites for hydroxylation is 2. The van der Waals surface area contributed by atoms with Crippen LogP contribution in [0.25, 0.3) is 0 Å². The van der Waals surface area contributed by atoms with Crippen molar-refractivity contribution in [3.63, 3.8) is 0 Å². The summed E-state index contributed by atoms with van der Waals surface area (Å²) in [5.41, 5.74) is 1.76. The summed E-state index contributed by atoms with van der Waals surface area (Å²) in [5.74, 6) is -0.127. The van der Waals surface area contributed by atoms with E-state index in [1.165, 1.54) is 4.90 Å². The molecule has 40 heavy (non-hydrogen) atoms. The maximum atomic E-state index is 13.7. The maximum absolute atomic E-state index is 13.7. The number of carbonyl (C=O) groups excluding carboxylic acids is 3.